The molecule has 1 aliphatic heterocycles. The molecule has 0 aromatic carbocycles. The number of nitro groups is 1. The van der Waals surface area contributed by atoms with Crippen LogP contribution in [0.5, 0.6) is 0 Å². The summed E-state index contributed by atoms with van der Waals surface area (Å²) in [6.45, 7) is 2.28. The predicted octanol–water partition coefficient (Wildman–Crippen LogP) is 2.26. The molecular formula is C13H18N2O5. The van der Waals surface area contributed by atoms with Gasteiger partial charge in [-0.15, -0.1) is 0 Å². The summed E-state index contributed by atoms with van der Waals surface area (Å²) in [4.78, 5) is 22.8. The Hall–Kier alpha value is -1.89. The highest BCUT2D eigenvalue weighted by Gasteiger charge is 2.22. The van der Waals surface area contributed by atoms with E-state index < -0.39 is 10.9 Å². The lowest BCUT2D eigenvalue weighted by Gasteiger charge is -2.31. The molecule has 0 spiro atoms. The second-order valence-corrected chi connectivity index (χ2v) is 5.17. The fraction of sp³-hybridized carbons (Fsp3) is 0.615. The van der Waals surface area contributed by atoms with E-state index in [1.54, 1.807) is 6.07 Å². The highest BCUT2D eigenvalue weighted by atomic mass is 16.6. The zero-order valence-electron chi connectivity index (χ0n) is 11.2. The second-order valence-electron chi connectivity index (χ2n) is 5.17. The van der Waals surface area contributed by atoms with Crippen LogP contribution in [0.1, 0.15) is 31.4 Å². The van der Waals surface area contributed by atoms with Gasteiger partial charge < -0.3 is 9.52 Å². The summed E-state index contributed by atoms with van der Waals surface area (Å²) >= 11 is 0. The molecule has 1 aliphatic rings. The number of hydrogen-bond donors (Lipinski definition) is 1. The molecule has 0 aliphatic carbocycles. The minimum atomic E-state index is -0.760. The molecule has 1 N–H and O–H groups in total. The maximum absolute atomic E-state index is 10.6. The Morgan fingerprint density at radius 3 is 3.00 bits per heavy atom. The number of hydrogen-bond acceptors (Lipinski definition) is 5. The number of rotatable bonds is 6. The number of piperidine rings is 1. The van der Waals surface area contributed by atoms with Gasteiger partial charge in [-0.1, -0.05) is 0 Å². The van der Waals surface area contributed by atoms with E-state index in [4.69, 9.17) is 9.52 Å². The van der Waals surface area contributed by atoms with Crippen molar-refractivity contribution in [2.24, 2.45) is 5.92 Å². The normalized spacial score (nSPS) is 19.9. The molecule has 1 saturated heterocycles. The maximum atomic E-state index is 10.6. The Balaban J connectivity index is 1.85. The molecule has 1 unspecified atom stereocenters. The second kappa shape index (κ2) is 6.51. The van der Waals surface area contributed by atoms with Gasteiger partial charge in [0, 0.05) is 13.0 Å². The van der Waals surface area contributed by atoms with E-state index >= 15 is 0 Å². The summed E-state index contributed by atoms with van der Waals surface area (Å²) in [5.41, 5.74) is 0. The average Bonchev–Trinajstić information content (AvgIpc) is 2.85. The summed E-state index contributed by atoms with van der Waals surface area (Å²) in [5.74, 6) is -0.0383. The topological polar surface area (TPSA) is 96.8 Å². The molecule has 7 nitrogen and oxygen atoms in total. The third-order valence-corrected chi connectivity index (χ3v) is 3.58. The van der Waals surface area contributed by atoms with E-state index in [0.717, 1.165) is 25.9 Å². The molecular weight excluding hydrogens is 264 g/mol. The molecule has 0 saturated carbocycles. The summed E-state index contributed by atoms with van der Waals surface area (Å²) in [5, 5.41) is 19.3. The lowest BCUT2D eigenvalue weighted by Crippen LogP contribution is -2.35. The van der Waals surface area contributed by atoms with Crippen LogP contribution in [0.25, 0.3) is 0 Å². The van der Waals surface area contributed by atoms with E-state index in [1.807, 2.05) is 0 Å². The minimum Gasteiger partial charge on any atom is -0.481 e. The van der Waals surface area contributed by atoms with Crippen molar-refractivity contribution in [2.45, 2.75) is 32.2 Å². The Labute approximate surface area is 116 Å². The van der Waals surface area contributed by atoms with E-state index in [1.165, 1.54) is 6.07 Å². The summed E-state index contributed by atoms with van der Waals surface area (Å²) in [7, 11) is 0. The Morgan fingerprint density at radius 1 is 1.55 bits per heavy atom. The smallest absolute Gasteiger partial charge is 0.433 e. The van der Waals surface area contributed by atoms with Crippen LogP contribution in [0.4, 0.5) is 5.88 Å². The molecule has 1 aromatic heterocycles. The predicted molar refractivity (Wildman–Crippen MR) is 70.2 cm³/mol. The van der Waals surface area contributed by atoms with Crippen molar-refractivity contribution in [2.75, 3.05) is 13.1 Å². The van der Waals surface area contributed by atoms with Crippen LogP contribution in [0, 0.1) is 16.0 Å². The lowest BCUT2D eigenvalue weighted by atomic mass is 9.93. The van der Waals surface area contributed by atoms with Gasteiger partial charge in [-0.25, -0.2) is 0 Å². The molecule has 2 heterocycles. The van der Waals surface area contributed by atoms with Gasteiger partial charge in [-0.3, -0.25) is 19.8 Å². The van der Waals surface area contributed by atoms with Crippen LogP contribution in [0.15, 0.2) is 16.5 Å². The molecule has 110 valence electrons. The van der Waals surface area contributed by atoms with Crippen LogP contribution in [0.3, 0.4) is 0 Å². The van der Waals surface area contributed by atoms with Gasteiger partial charge in [0.2, 0.25) is 0 Å². The van der Waals surface area contributed by atoms with E-state index in [0.29, 0.717) is 24.6 Å². The van der Waals surface area contributed by atoms with Crippen molar-refractivity contribution < 1.29 is 19.2 Å². The molecule has 1 atom stereocenters. The first kappa shape index (κ1) is 14.5. The summed E-state index contributed by atoms with van der Waals surface area (Å²) in [6, 6.07) is 2.99. The number of carboxylic acid groups (broad SMARTS) is 1. The third-order valence-electron chi connectivity index (χ3n) is 3.58. The number of carboxylic acids is 1. The van der Waals surface area contributed by atoms with Crippen molar-refractivity contribution in [1.82, 2.24) is 4.90 Å². The SMILES string of the molecule is O=C(O)CCC1CCCN(Cc2ccc([N+](=O)[O-])o2)C1. The largest absolute Gasteiger partial charge is 0.481 e. The zero-order valence-corrected chi connectivity index (χ0v) is 11.2. The Bertz CT molecular complexity index is 485. The number of nitrogens with zero attached hydrogens (tertiary/aromatic N) is 2. The highest BCUT2D eigenvalue weighted by molar-refractivity contribution is 5.66. The molecule has 1 aromatic rings. The van der Waals surface area contributed by atoms with Gasteiger partial charge in [0.05, 0.1) is 12.6 Å². The molecule has 0 radical (unpaired) electrons. The van der Waals surface area contributed by atoms with Crippen LogP contribution in [-0.4, -0.2) is 34.0 Å². The number of carbonyl (C=O) groups is 1. The first-order valence-electron chi connectivity index (χ1n) is 6.72. The molecule has 2 rings (SSSR count). The quantitative estimate of drug-likeness (QED) is 0.635. The van der Waals surface area contributed by atoms with Crippen molar-refractivity contribution in [3.63, 3.8) is 0 Å². The molecule has 0 amide bonds. The van der Waals surface area contributed by atoms with Gasteiger partial charge in [0.15, 0.2) is 0 Å². The monoisotopic (exact) mass is 282 g/mol. The van der Waals surface area contributed by atoms with Crippen molar-refractivity contribution >= 4 is 11.9 Å². The fourth-order valence-corrected chi connectivity index (χ4v) is 2.63. The van der Waals surface area contributed by atoms with Crippen molar-refractivity contribution in [3.05, 3.63) is 28.0 Å². The van der Waals surface area contributed by atoms with E-state index in [-0.39, 0.29) is 12.3 Å². The first-order chi connectivity index (χ1) is 9.54. The van der Waals surface area contributed by atoms with Crippen LogP contribution < -0.4 is 0 Å². The Kier molecular flexibility index (Phi) is 4.73. The van der Waals surface area contributed by atoms with Crippen LogP contribution >= 0.6 is 0 Å². The van der Waals surface area contributed by atoms with E-state index in [2.05, 4.69) is 4.90 Å². The molecule has 7 heteroatoms. The minimum absolute atomic E-state index is 0.199. The highest BCUT2D eigenvalue weighted by Crippen LogP contribution is 2.24. The molecule has 20 heavy (non-hydrogen) atoms. The molecule has 1 fully saturated rings. The van der Waals surface area contributed by atoms with Crippen molar-refractivity contribution in [1.29, 1.82) is 0 Å². The average molecular weight is 282 g/mol. The lowest BCUT2D eigenvalue weighted by molar-refractivity contribution is -0.402. The maximum Gasteiger partial charge on any atom is 0.433 e. The number of furan rings is 1. The third kappa shape index (κ3) is 4.06. The van der Waals surface area contributed by atoms with Gasteiger partial charge in [0.1, 0.15) is 10.7 Å². The standard InChI is InChI=1S/C13H18N2O5/c16-13(17)6-3-10-2-1-7-14(8-10)9-11-4-5-12(20-11)15(18)19/h4-5,10H,1-3,6-9H2,(H,16,17). The van der Waals surface area contributed by atoms with Crippen molar-refractivity contribution in [3.8, 4) is 0 Å². The summed E-state index contributed by atoms with van der Waals surface area (Å²) in [6.07, 6.45) is 2.95. The Morgan fingerprint density at radius 2 is 2.35 bits per heavy atom. The van der Waals surface area contributed by atoms with Gasteiger partial charge in [-0.2, -0.15) is 0 Å². The summed E-state index contributed by atoms with van der Waals surface area (Å²) < 4.78 is 5.15. The van der Waals surface area contributed by atoms with Gasteiger partial charge in [0.25, 0.3) is 0 Å². The number of aliphatic carboxylic acids is 1. The molecule has 0 bridgehead atoms. The zero-order chi connectivity index (χ0) is 14.5. The first-order valence-corrected chi connectivity index (χ1v) is 6.72. The fourth-order valence-electron chi connectivity index (χ4n) is 2.63. The van der Waals surface area contributed by atoms with Crippen LogP contribution in [-0.2, 0) is 11.3 Å². The van der Waals surface area contributed by atoms with Crippen LogP contribution in [0.2, 0.25) is 0 Å². The number of likely N-dealkylation sites (tertiary alicyclic amines) is 1. The van der Waals surface area contributed by atoms with Gasteiger partial charge >= 0.3 is 11.9 Å². The van der Waals surface area contributed by atoms with E-state index in [9.17, 15) is 14.9 Å². The van der Waals surface area contributed by atoms with Gasteiger partial charge in [-0.05, 0) is 37.8 Å².